The first-order chi connectivity index (χ1) is 8.56. The summed E-state index contributed by atoms with van der Waals surface area (Å²) < 4.78 is 26.4. The summed E-state index contributed by atoms with van der Waals surface area (Å²) in [6, 6.07) is 4.51. The Morgan fingerprint density at radius 1 is 1.39 bits per heavy atom. The maximum atomic E-state index is 13.4. The van der Waals surface area contributed by atoms with E-state index in [2.05, 4.69) is 24.1 Å². The van der Waals surface area contributed by atoms with Crippen molar-refractivity contribution in [1.82, 2.24) is 10.2 Å². The Labute approximate surface area is 107 Å². The molecule has 1 aromatic rings. The van der Waals surface area contributed by atoms with Crippen LogP contribution < -0.4 is 5.32 Å². The van der Waals surface area contributed by atoms with E-state index in [1.54, 1.807) is 0 Å². The molecule has 1 aliphatic heterocycles. The van der Waals surface area contributed by atoms with E-state index in [9.17, 15) is 8.78 Å². The number of nitrogens with zero attached hydrogens (tertiary/aromatic N) is 1. The molecular weight excluding hydrogens is 234 g/mol. The lowest BCUT2D eigenvalue weighted by atomic mass is 10.2. The van der Waals surface area contributed by atoms with Crippen molar-refractivity contribution in [3.8, 4) is 0 Å². The fraction of sp³-hybridized carbons (Fsp3) is 0.571. The topological polar surface area (TPSA) is 15.3 Å². The summed E-state index contributed by atoms with van der Waals surface area (Å²) in [4.78, 5) is 2.39. The van der Waals surface area contributed by atoms with E-state index < -0.39 is 0 Å². The van der Waals surface area contributed by atoms with Gasteiger partial charge < -0.3 is 5.32 Å². The van der Waals surface area contributed by atoms with E-state index in [-0.39, 0.29) is 11.6 Å². The van der Waals surface area contributed by atoms with Crippen molar-refractivity contribution < 1.29 is 8.78 Å². The summed E-state index contributed by atoms with van der Waals surface area (Å²) in [6.07, 6.45) is 1.06. The number of likely N-dealkylation sites (tertiary alicyclic amines) is 1. The van der Waals surface area contributed by atoms with E-state index in [0.29, 0.717) is 24.2 Å². The van der Waals surface area contributed by atoms with Crippen LogP contribution in [-0.2, 0) is 6.54 Å². The molecule has 1 saturated heterocycles. The maximum Gasteiger partial charge on any atom is 0.127 e. The fourth-order valence-electron chi connectivity index (χ4n) is 2.36. The average molecular weight is 254 g/mol. The molecule has 0 radical (unpaired) electrons. The largest absolute Gasteiger partial charge is 0.308 e. The van der Waals surface area contributed by atoms with E-state index >= 15 is 0 Å². The van der Waals surface area contributed by atoms with E-state index in [0.717, 1.165) is 25.6 Å². The SMILES string of the molecule is CC(C)N1CCC(NCc2cc(F)ccc2F)C1. The molecule has 1 fully saturated rings. The molecule has 0 aromatic heterocycles. The Kier molecular flexibility index (Phi) is 4.30. The molecule has 0 spiro atoms. The van der Waals surface area contributed by atoms with Crippen LogP contribution in [0, 0.1) is 11.6 Å². The van der Waals surface area contributed by atoms with Gasteiger partial charge in [0, 0.05) is 30.7 Å². The predicted octanol–water partition coefficient (Wildman–Crippen LogP) is 2.54. The van der Waals surface area contributed by atoms with Crippen LogP contribution in [0.4, 0.5) is 8.78 Å². The third-order valence-electron chi connectivity index (χ3n) is 3.54. The minimum Gasteiger partial charge on any atom is -0.308 e. The Morgan fingerprint density at radius 2 is 2.17 bits per heavy atom. The molecule has 1 N–H and O–H groups in total. The second-order valence-electron chi connectivity index (χ2n) is 5.19. The molecular formula is C14H20F2N2. The molecule has 1 heterocycles. The molecule has 1 atom stereocenters. The Morgan fingerprint density at radius 3 is 2.83 bits per heavy atom. The highest BCUT2D eigenvalue weighted by atomic mass is 19.1. The molecule has 1 aromatic carbocycles. The lowest BCUT2D eigenvalue weighted by molar-refractivity contribution is 0.268. The van der Waals surface area contributed by atoms with Crippen LogP contribution in [0.3, 0.4) is 0 Å². The minimum atomic E-state index is -0.386. The van der Waals surface area contributed by atoms with Crippen LogP contribution in [-0.4, -0.2) is 30.1 Å². The average Bonchev–Trinajstić information content (AvgIpc) is 2.79. The van der Waals surface area contributed by atoms with E-state index in [1.165, 1.54) is 12.1 Å². The van der Waals surface area contributed by atoms with Crippen LogP contribution in [0.5, 0.6) is 0 Å². The number of hydrogen-bond acceptors (Lipinski definition) is 2. The second-order valence-corrected chi connectivity index (χ2v) is 5.19. The molecule has 4 heteroatoms. The van der Waals surface area contributed by atoms with Gasteiger partial charge in [-0.2, -0.15) is 0 Å². The highest BCUT2D eigenvalue weighted by Gasteiger charge is 2.23. The first kappa shape index (κ1) is 13.4. The van der Waals surface area contributed by atoms with Gasteiger partial charge in [-0.15, -0.1) is 0 Å². The van der Waals surface area contributed by atoms with E-state index in [4.69, 9.17) is 0 Å². The first-order valence-corrected chi connectivity index (χ1v) is 6.47. The number of nitrogens with one attached hydrogen (secondary N) is 1. The highest BCUT2D eigenvalue weighted by Crippen LogP contribution is 2.14. The summed E-state index contributed by atoms with van der Waals surface area (Å²) in [5.41, 5.74) is 0.401. The third kappa shape index (κ3) is 3.27. The summed E-state index contributed by atoms with van der Waals surface area (Å²) in [7, 11) is 0. The van der Waals surface area contributed by atoms with Crippen LogP contribution in [0.25, 0.3) is 0 Å². The molecule has 0 aliphatic carbocycles. The van der Waals surface area contributed by atoms with Gasteiger partial charge in [-0.25, -0.2) is 8.78 Å². The lowest BCUT2D eigenvalue weighted by Gasteiger charge is -2.20. The van der Waals surface area contributed by atoms with Crippen molar-refractivity contribution in [2.24, 2.45) is 0 Å². The zero-order chi connectivity index (χ0) is 13.1. The molecule has 1 aliphatic rings. The van der Waals surface area contributed by atoms with Gasteiger partial charge in [0.1, 0.15) is 11.6 Å². The summed E-state index contributed by atoms with van der Waals surface area (Å²) in [6.45, 7) is 6.79. The van der Waals surface area contributed by atoms with Gasteiger partial charge in [-0.1, -0.05) is 0 Å². The Bertz CT molecular complexity index is 407. The number of rotatable bonds is 4. The zero-order valence-electron chi connectivity index (χ0n) is 10.9. The zero-order valence-corrected chi connectivity index (χ0v) is 10.9. The van der Waals surface area contributed by atoms with Crippen molar-refractivity contribution in [1.29, 1.82) is 0 Å². The highest BCUT2D eigenvalue weighted by molar-refractivity contribution is 5.18. The van der Waals surface area contributed by atoms with Crippen molar-refractivity contribution in [2.75, 3.05) is 13.1 Å². The molecule has 1 unspecified atom stereocenters. The molecule has 100 valence electrons. The molecule has 0 saturated carbocycles. The van der Waals surface area contributed by atoms with Gasteiger partial charge in [0.2, 0.25) is 0 Å². The molecule has 0 amide bonds. The lowest BCUT2D eigenvalue weighted by Crippen LogP contribution is -2.35. The number of hydrogen-bond donors (Lipinski definition) is 1. The quantitative estimate of drug-likeness (QED) is 0.888. The fourth-order valence-corrected chi connectivity index (χ4v) is 2.36. The third-order valence-corrected chi connectivity index (χ3v) is 3.54. The normalized spacial score (nSPS) is 20.8. The van der Waals surface area contributed by atoms with Crippen molar-refractivity contribution in [3.63, 3.8) is 0 Å². The van der Waals surface area contributed by atoms with E-state index in [1.807, 2.05) is 0 Å². The Hall–Kier alpha value is -1.00. The summed E-state index contributed by atoms with van der Waals surface area (Å²) in [5.74, 6) is -0.731. The van der Waals surface area contributed by atoms with Gasteiger partial charge >= 0.3 is 0 Å². The van der Waals surface area contributed by atoms with Crippen molar-refractivity contribution >= 4 is 0 Å². The Balaban J connectivity index is 1.87. The van der Waals surface area contributed by atoms with Gasteiger partial charge in [0.15, 0.2) is 0 Å². The van der Waals surface area contributed by atoms with Crippen molar-refractivity contribution in [3.05, 3.63) is 35.4 Å². The number of benzene rings is 1. The van der Waals surface area contributed by atoms with Crippen LogP contribution in [0.2, 0.25) is 0 Å². The smallest absolute Gasteiger partial charge is 0.127 e. The van der Waals surface area contributed by atoms with Crippen LogP contribution in [0.1, 0.15) is 25.8 Å². The number of halogens is 2. The molecule has 2 rings (SSSR count). The van der Waals surface area contributed by atoms with Gasteiger partial charge in [0.05, 0.1) is 0 Å². The first-order valence-electron chi connectivity index (χ1n) is 6.47. The standard InChI is InChI=1S/C14H20F2N2/c1-10(2)18-6-5-13(9-18)17-8-11-7-12(15)3-4-14(11)16/h3-4,7,10,13,17H,5-6,8-9H2,1-2H3. The van der Waals surface area contributed by atoms with Gasteiger partial charge in [-0.05, 0) is 45.0 Å². The predicted molar refractivity (Wildman–Crippen MR) is 68.3 cm³/mol. The monoisotopic (exact) mass is 254 g/mol. The van der Waals surface area contributed by atoms with Crippen molar-refractivity contribution in [2.45, 2.75) is 38.9 Å². The molecule has 18 heavy (non-hydrogen) atoms. The van der Waals surface area contributed by atoms with Crippen LogP contribution >= 0.6 is 0 Å². The maximum absolute atomic E-state index is 13.4. The van der Waals surface area contributed by atoms with Gasteiger partial charge in [0.25, 0.3) is 0 Å². The van der Waals surface area contributed by atoms with Crippen LogP contribution in [0.15, 0.2) is 18.2 Å². The summed E-state index contributed by atoms with van der Waals surface area (Å²) >= 11 is 0. The molecule has 0 bridgehead atoms. The second kappa shape index (κ2) is 5.76. The minimum absolute atomic E-state index is 0.345. The molecule has 2 nitrogen and oxygen atoms in total. The van der Waals surface area contributed by atoms with Gasteiger partial charge in [-0.3, -0.25) is 4.90 Å². The summed E-state index contributed by atoms with van der Waals surface area (Å²) in [5, 5.41) is 3.30.